The second-order valence-corrected chi connectivity index (χ2v) is 10.7. The van der Waals surface area contributed by atoms with Crippen LogP contribution in [-0.4, -0.2) is 71.0 Å². The molecule has 1 aliphatic carbocycles. The third-order valence-corrected chi connectivity index (χ3v) is 6.50. The average molecular weight is 417 g/mol. The Hall–Kier alpha value is -1.31. The molecule has 0 aromatic carbocycles. The number of aliphatic imine (C=N–C) groups is 1. The number of hydrogen-bond donors (Lipinski definition) is 2. The molecule has 7 nitrogen and oxygen atoms in total. The van der Waals surface area contributed by atoms with Crippen molar-refractivity contribution in [2.24, 2.45) is 10.9 Å². The number of carbonyl (C=O) groups is 1. The Bertz CT molecular complexity index is 548. The topological polar surface area (TPSA) is 83.0 Å². The zero-order valence-corrected chi connectivity index (χ0v) is 19.5. The number of ether oxygens (including phenoxy) is 1. The summed E-state index contributed by atoms with van der Waals surface area (Å²) >= 11 is 0. The smallest absolute Gasteiger partial charge is 0.410 e. The van der Waals surface area contributed by atoms with Gasteiger partial charge in [-0.1, -0.05) is 20.3 Å². The van der Waals surface area contributed by atoms with Crippen molar-refractivity contribution in [2.75, 3.05) is 32.9 Å². The van der Waals surface area contributed by atoms with Gasteiger partial charge in [-0.25, -0.2) is 4.79 Å². The highest BCUT2D eigenvalue weighted by Crippen LogP contribution is 2.23. The van der Waals surface area contributed by atoms with Crippen LogP contribution < -0.4 is 10.6 Å². The van der Waals surface area contributed by atoms with Crippen molar-refractivity contribution >= 4 is 22.9 Å². The van der Waals surface area contributed by atoms with Crippen LogP contribution in [0.4, 0.5) is 4.79 Å². The molecule has 0 aromatic heterocycles. The first kappa shape index (κ1) is 24.7. The van der Waals surface area contributed by atoms with Crippen LogP contribution in [0.15, 0.2) is 4.99 Å². The SMILES string of the molecule is CCS(=O)C1CCCC(NC(=NC)NCC(C)CN(C)C(=O)OC(C)(C)C)C1. The Balaban J connectivity index is 2.42. The molecule has 0 spiro atoms. The second-order valence-electron chi connectivity index (χ2n) is 8.72. The molecular weight excluding hydrogens is 376 g/mol. The summed E-state index contributed by atoms with van der Waals surface area (Å²) in [4.78, 5) is 18.0. The normalized spacial score (nSPS) is 22.9. The van der Waals surface area contributed by atoms with E-state index in [0.29, 0.717) is 19.1 Å². The molecule has 0 saturated heterocycles. The minimum Gasteiger partial charge on any atom is -0.444 e. The van der Waals surface area contributed by atoms with E-state index in [1.807, 2.05) is 27.7 Å². The largest absolute Gasteiger partial charge is 0.444 e. The molecule has 1 fully saturated rings. The van der Waals surface area contributed by atoms with Gasteiger partial charge in [0.25, 0.3) is 0 Å². The Kier molecular flexibility index (Phi) is 10.3. The Morgan fingerprint density at radius 3 is 2.61 bits per heavy atom. The van der Waals surface area contributed by atoms with Crippen LogP contribution in [0.25, 0.3) is 0 Å². The van der Waals surface area contributed by atoms with Crippen molar-refractivity contribution in [2.45, 2.75) is 77.2 Å². The summed E-state index contributed by atoms with van der Waals surface area (Å²) in [5.41, 5.74) is -0.488. The van der Waals surface area contributed by atoms with Crippen molar-refractivity contribution in [1.29, 1.82) is 0 Å². The highest BCUT2D eigenvalue weighted by atomic mass is 32.2. The predicted octanol–water partition coefficient (Wildman–Crippen LogP) is 2.73. The van der Waals surface area contributed by atoms with E-state index in [9.17, 15) is 9.00 Å². The molecule has 1 amide bonds. The molecule has 1 rings (SSSR count). The molecule has 4 unspecified atom stereocenters. The lowest BCUT2D eigenvalue weighted by Crippen LogP contribution is -2.48. The zero-order valence-electron chi connectivity index (χ0n) is 18.7. The van der Waals surface area contributed by atoms with Crippen molar-refractivity contribution < 1.29 is 13.7 Å². The van der Waals surface area contributed by atoms with Crippen LogP contribution in [0.3, 0.4) is 0 Å². The maximum atomic E-state index is 12.1. The molecule has 4 atom stereocenters. The Morgan fingerprint density at radius 2 is 2.04 bits per heavy atom. The third kappa shape index (κ3) is 9.26. The van der Waals surface area contributed by atoms with E-state index in [4.69, 9.17) is 4.74 Å². The van der Waals surface area contributed by atoms with E-state index in [0.717, 1.165) is 37.4 Å². The zero-order chi connectivity index (χ0) is 21.3. The highest BCUT2D eigenvalue weighted by molar-refractivity contribution is 7.85. The summed E-state index contributed by atoms with van der Waals surface area (Å²) in [7, 11) is 2.79. The van der Waals surface area contributed by atoms with Gasteiger partial charge in [0.1, 0.15) is 5.60 Å². The van der Waals surface area contributed by atoms with E-state index < -0.39 is 16.4 Å². The van der Waals surface area contributed by atoms with Gasteiger partial charge >= 0.3 is 6.09 Å². The van der Waals surface area contributed by atoms with Crippen molar-refractivity contribution in [3.63, 3.8) is 0 Å². The summed E-state index contributed by atoms with van der Waals surface area (Å²) in [5.74, 6) is 1.73. The van der Waals surface area contributed by atoms with E-state index >= 15 is 0 Å². The minimum atomic E-state index is -0.730. The van der Waals surface area contributed by atoms with Gasteiger partial charge < -0.3 is 20.3 Å². The molecule has 1 aliphatic rings. The number of guanidine groups is 1. The van der Waals surface area contributed by atoms with Gasteiger partial charge in [-0.15, -0.1) is 0 Å². The number of nitrogens with one attached hydrogen (secondary N) is 2. The first-order valence-electron chi connectivity index (χ1n) is 10.3. The lowest BCUT2D eigenvalue weighted by Gasteiger charge is -2.30. The summed E-state index contributed by atoms with van der Waals surface area (Å²) in [5, 5.41) is 7.12. The number of rotatable bonds is 7. The van der Waals surface area contributed by atoms with Gasteiger partial charge in [0.05, 0.1) is 0 Å². The summed E-state index contributed by atoms with van der Waals surface area (Å²) < 4.78 is 17.5. The molecule has 0 aliphatic heterocycles. The number of hydrogen-bond acceptors (Lipinski definition) is 4. The van der Waals surface area contributed by atoms with E-state index in [2.05, 4.69) is 22.5 Å². The van der Waals surface area contributed by atoms with Crippen LogP contribution in [0, 0.1) is 5.92 Å². The molecule has 8 heteroatoms. The van der Waals surface area contributed by atoms with Crippen molar-refractivity contribution in [3.05, 3.63) is 0 Å². The molecule has 28 heavy (non-hydrogen) atoms. The number of amides is 1. The van der Waals surface area contributed by atoms with Crippen molar-refractivity contribution in [1.82, 2.24) is 15.5 Å². The first-order chi connectivity index (χ1) is 13.1. The maximum Gasteiger partial charge on any atom is 0.410 e. The second kappa shape index (κ2) is 11.6. The molecule has 0 aromatic rings. The average Bonchev–Trinajstić information content (AvgIpc) is 2.63. The van der Waals surface area contributed by atoms with Gasteiger partial charge in [-0.3, -0.25) is 9.20 Å². The van der Waals surface area contributed by atoms with E-state index in [1.54, 1.807) is 19.0 Å². The Labute approximate surface area is 173 Å². The molecule has 2 N–H and O–H groups in total. The quantitative estimate of drug-likeness (QED) is 0.492. The molecule has 1 saturated carbocycles. The molecule has 0 heterocycles. The maximum absolute atomic E-state index is 12.1. The monoisotopic (exact) mass is 416 g/mol. The minimum absolute atomic E-state index is 0.239. The number of nitrogens with zero attached hydrogens (tertiary/aromatic N) is 2. The molecular formula is C20H40N4O3S. The summed E-state index contributed by atoms with van der Waals surface area (Å²) in [6.45, 7) is 11.0. The lowest BCUT2D eigenvalue weighted by molar-refractivity contribution is 0.0278. The van der Waals surface area contributed by atoms with E-state index in [-0.39, 0.29) is 17.3 Å². The Morgan fingerprint density at radius 1 is 1.36 bits per heavy atom. The third-order valence-electron chi connectivity index (χ3n) is 4.76. The van der Waals surface area contributed by atoms with Crippen molar-refractivity contribution in [3.8, 4) is 0 Å². The van der Waals surface area contributed by atoms with Crippen LogP contribution in [0.1, 0.15) is 60.3 Å². The standard InChI is InChI=1S/C20H40N4O3S/c1-8-28(26)17-11-9-10-16(12-17)23-18(21-6)22-13-15(2)14-24(7)19(25)27-20(3,4)5/h15-17H,8-14H2,1-7H3,(H2,21,22,23). The molecule has 164 valence electrons. The van der Waals surface area contributed by atoms with Crippen LogP contribution in [0.5, 0.6) is 0 Å². The fraction of sp³-hybridized carbons (Fsp3) is 0.900. The molecule has 0 bridgehead atoms. The van der Waals surface area contributed by atoms with Gasteiger partial charge in [-0.05, 0) is 46.0 Å². The van der Waals surface area contributed by atoms with Crippen LogP contribution >= 0.6 is 0 Å². The van der Waals surface area contributed by atoms with Gasteiger partial charge in [0.2, 0.25) is 0 Å². The van der Waals surface area contributed by atoms with Gasteiger partial charge in [0, 0.05) is 55.0 Å². The van der Waals surface area contributed by atoms with Crippen LogP contribution in [0.2, 0.25) is 0 Å². The first-order valence-corrected chi connectivity index (χ1v) is 11.7. The summed E-state index contributed by atoms with van der Waals surface area (Å²) in [6.07, 6.45) is 3.85. The fourth-order valence-corrected chi connectivity index (χ4v) is 4.70. The fourth-order valence-electron chi connectivity index (χ4n) is 3.36. The summed E-state index contributed by atoms with van der Waals surface area (Å²) in [6, 6.07) is 0.306. The van der Waals surface area contributed by atoms with Gasteiger partial charge in [-0.2, -0.15) is 0 Å². The highest BCUT2D eigenvalue weighted by Gasteiger charge is 2.26. The molecule has 0 radical (unpaired) electrons. The van der Waals surface area contributed by atoms with E-state index in [1.165, 1.54) is 0 Å². The number of carbonyl (C=O) groups excluding carboxylic acids is 1. The van der Waals surface area contributed by atoms with Crippen LogP contribution in [-0.2, 0) is 15.5 Å². The predicted molar refractivity (Wildman–Crippen MR) is 117 cm³/mol. The lowest BCUT2D eigenvalue weighted by atomic mass is 9.95. The van der Waals surface area contributed by atoms with Gasteiger partial charge in [0.15, 0.2) is 5.96 Å².